The molecule has 0 unspecified atom stereocenters. The molecule has 12 nitrogen and oxygen atoms in total. The smallest absolute Gasteiger partial charge is 0.285 e. The van der Waals surface area contributed by atoms with Gasteiger partial charge in [-0.1, -0.05) is 0 Å². The van der Waals surface area contributed by atoms with Crippen LogP contribution in [0.4, 0.5) is 0 Å². The van der Waals surface area contributed by atoms with Gasteiger partial charge in [-0.05, 0) is 0 Å². The van der Waals surface area contributed by atoms with E-state index in [1.165, 1.54) is 7.11 Å². The van der Waals surface area contributed by atoms with Gasteiger partial charge >= 0.3 is 0 Å². The summed E-state index contributed by atoms with van der Waals surface area (Å²) in [5.74, 6) is 0. The van der Waals surface area contributed by atoms with Crippen LogP contribution < -0.4 is 5.32 Å². The van der Waals surface area contributed by atoms with E-state index in [1.807, 2.05) is 0 Å². The Bertz CT molecular complexity index is 548. The third kappa shape index (κ3) is 2.87. The zero-order chi connectivity index (χ0) is 19.2. The van der Waals surface area contributed by atoms with Gasteiger partial charge in [-0.15, -0.1) is 0 Å². The number of hydrogen-bond acceptors (Lipinski definition) is 12. The zero-order valence-corrected chi connectivity index (χ0v) is 13.9. The third-order valence-electron chi connectivity index (χ3n) is 5.16. The van der Waals surface area contributed by atoms with Crippen LogP contribution in [0.1, 0.15) is 0 Å². The van der Waals surface area contributed by atoms with Crippen molar-refractivity contribution in [3.05, 3.63) is 0 Å². The molecule has 3 rings (SSSR count). The lowest BCUT2D eigenvalue weighted by molar-refractivity contribution is -0.270. The molecule has 3 aliphatic rings. The summed E-state index contributed by atoms with van der Waals surface area (Å²) in [5.41, 5.74) is -2.09. The molecule has 2 fully saturated rings. The number of hydrogen-bond donors (Lipinski definition) is 8. The molecule has 12 heteroatoms. The first-order valence-electron chi connectivity index (χ1n) is 8.14. The minimum atomic E-state index is -2.09. The lowest BCUT2D eigenvalue weighted by atomic mass is 9.96. The van der Waals surface area contributed by atoms with E-state index in [0.29, 0.717) is 0 Å². The number of amidine groups is 1. The van der Waals surface area contributed by atoms with Crippen LogP contribution in [0.2, 0.25) is 0 Å². The Kier molecular flexibility index (Phi) is 5.40. The number of aliphatic imine (C=N–C) groups is 1. The van der Waals surface area contributed by atoms with E-state index in [9.17, 15) is 35.7 Å². The summed E-state index contributed by atoms with van der Waals surface area (Å²) in [6, 6.07) is -2.39. The quantitative estimate of drug-likeness (QED) is 0.232. The Labute approximate surface area is 148 Å². The monoisotopic (exact) mass is 380 g/mol. The second-order valence-corrected chi connectivity index (χ2v) is 6.66. The normalized spacial score (nSPS) is 50.9. The van der Waals surface area contributed by atoms with E-state index in [0.717, 1.165) is 0 Å². The van der Waals surface area contributed by atoms with Gasteiger partial charge in [0.15, 0.2) is 12.4 Å². The molecule has 1 saturated heterocycles. The second kappa shape index (κ2) is 7.14. The van der Waals surface area contributed by atoms with E-state index in [4.69, 9.17) is 14.2 Å². The summed E-state index contributed by atoms with van der Waals surface area (Å²) >= 11 is 0. The largest absolute Gasteiger partial charge is 0.457 e. The van der Waals surface area contributed by atoms with Crippen molar-refractivity contribution in [3.63, 3.8) is 0 Å². The highest BCUT2D eigenvalue weighted by atomic mass is 16.7. The number of methoxy groups -OCH3 is 1. The second-order valence-electron chi connectivity index (χ2n) is 6.66. The van der Waals surface area contributed by atoms with E-state index in [2.05, 4.69) is 10.3 Å². The van der Waals surface area contributed by atoms with Crippen molar-refractivity contribution in [2.24, 2.45) is 4.99 Å². The highest BCUT2D eigenvalue weighted by Crippen LogP contribution is 2.38. The molecule has 0 amide bonds. The van der Waals surface area contributed by atoms with Crippen LogP contribution in [-0.4, -0.2) is 123 Å². The maximum absolute atomic E-state index is 10.3. The van der Waals surface area contributed by atoms with E-state index >= 15 is 0 Å². The maximum Gasteiger partial charge on any atom is 0.285 e. The molecule has 26 heavy (non-hydrogen) atoms. The Morgan fingerprint density at radius 3 is 2.42 bits per heavy atom. The van der Waals surface area contributed by atoms with Gasteiger partial charge in [-0.25, -0.2) is 4.99 Å². The van der Waals surface area contributed by atoms with Crippen LogP contribution >= 0.6 is 0 Å². The van der Waals surface area contributed by atoms with Crippen LogP contribution in [0.25, 0.3) is 0 Å². The summed E-state index contributed by atoms with van der Waals surface area (Å²) in [6.45, 7) is -1.36. The van der Waals surface area contributed by atoms with Crippen LogP contribution in [0.15, 0.2) is 4.99 Å². The molecular formula is C14H24N2O10. The van der Waals surface area contributed by atoms with Crippen molar-refractivity contribution in [2.45, 2.75) is 60.6 Å². The molecule has 1 saturated carbocycles. The van der Waals surface area contributed by atoms with Gasteiger partial charge in [-0.2, -0.15) is 0 Å². The van der Waals surface area contributed by atoms with Gasteiger partial charge in [-0.3, -0.25) is 0 Å². The summed E-state index contributed by atoms with van der Waals surface area (Å²) in [4.78, 5) is 4.03. The highest BCUT2D eigenvalue weighted by molar-refractivity contribution is 5.77. The molecule has 0 aromatic rings. The topological polar surface area (TPSA) is 194 Å². The average Bonchev–Trinajstić information content (AvgIpc) is 3.14. The third-order valence-corrected chi connectivity index (χ3v) is 5.16. The van der Waals surface area contributed by atoms with E-state index in [1.54, 1.807) is 0 Å². The van der Waals surface area contributed by atoms with Crippen molar-refractivity contribution < 1.29 is 50.0 Å². The minimum absolute atomic E-state index is 0.202. The number of nitrogens with zero attached hydrogens (tertiary/aromatic N) is 1. The van der Waals surface area contributed by atoms with E-state index in [-0.39, 0.29) is 6.02 Å². The summed E-state index contributed by atoms with van der Waals surface area (Å²) in [5, 5.41) is 72.0. The van der Waals surface area contributed by atoms with Crippen molar-refractivity contribution in [3.8, 4) is 0 Å². The standard InChI is InChI=1S/C14H24N2O10/c1-24-12-7(20)6(19)5(4(2-17)25-12)15-13-16-10-9(26-13)8(21)11(22)14(10,23)3-18/h4-12,17-23H,2-3H2,1H3,(H,15,16)/t4-,5+,6+,7-,8-,9-,10+,11+,12+,14+/m1/s1. The van der Waals surface area contributed by atoms with Crippen LogP contribution in [0, 0.1) is 0 Å². The first-order valence-corrected chi connectivity index (χ1v) is 8.14. The predicted molar refractivity (Wildman–Crippen MR) is 81.8 cm³/mol. The first-order chi connectivity index (χ1) is 12.3. The molecule has 0 radical (unpaired) electrons. The lowest BCUT2D eigenvalue weighted by Crippen LogP contribution is -2.64. The Morgan fingerprint density at radius 2 is 1.85 bits per heavy atom. The van der Waals surface area contributed by atoms with Crippen molar-refractivity contribution in [1.29, 1.82) is 0 Å². The van der Waals surface area contributed by atoms with Crippen LogP contribution in [0.3, 0.4) is 0 Å². The minimum Gasteiger partial charge on any atom is -0.457 e. The van der Waals surface area contributed by atoms with Gasteiger partial charge in [0.1, 0.15) is 42.2 Å². The van der Waals surface area contributed by atoms with Crippen LogP contribution in [-0.2, 0) is 14.2 Å². The number of fused-ring (bicyclic) bond motifs is 1. The molecule has 0 bridgehead atoms. The number of aliphatic hydroxyl groups excluding tert-OH is 6. The Balaban J connectivity index is 1.77. The van der Waals surface area contributed by atoms with Gasteiger partial charge < -0.3 is 55.3 Å². The number of nitrogens with one attached hydrogen (secondary N) is 1. The fourth-order valence-corrected chi connectivity index (χ4v) is 3.59. The van der Waals surface area contributed by atoms with Gasteiger partial charge in [0.2, 0.25) is 0 Å². The fourth-order valence-electron chi connectivity index (χ4n) is 3.59. The van der Waals surface area contributed by atoms with Crippen molar-refractivity contribution in [1.82, 2.24) is 5.32 Å². The molecule has 8 N–H and O–H groups in total. The maximum atomic E-state index is 10.3. The SMILES string of the molecule is CO[C@H]1O[C@H](CO)[C@H](NC2=N[C@H]3[C@H](O2)[C@@H](O)[C@H](O)[C@]3(O)CO)[C@H](O)[C@H]1O. The van der Waals surface area contributed by atoms with Crippen molar-refractivity contribution in [2.75, 3.05) is 20.3 Å². The molecule has 150 valence electrons. The predicted octanol–water partition coefficient (Wildman–Crippen LogP) is -5.39. The molecule has 0 spiro atoms. The summed E-state index contributed by atoms with van der Waals surface area (Å²) < 4.78 is 15.6. The first kappa shape index (κ1) is 19.7. The van der Waals surface area contributed by atoms with E-state index < -0.39 is 73.8 Å². The highest BCUT2D eigenvalue weighted by Gasteiger charge is 2.63. The average molecular weight is 380 g/mol. The molecule has 10 atom stereocenters. The molecule has 0 aromatic heterocycles. The lowest BCUT2D eigenvalue weighted by Gasteiger charge is -2.41. The van der Waals surface area contributed by atoms with Gasteiger partial charge in [0.25, 0.3) is 6.02 Å². The van der Waals surface area contributed by atoms with Gasteiger partial charge in [0.05, 0.1) is 19.3 Å². The van der Waals surface area contributed by atoms with Crippen LogP contribution in [0.5, 0.6) is 0 Å². The van der Waals surface area contributed by atoms with Gasteiger partial charge in [0, 0.05) is 7.11 Å². The summed E-state index contributed by atoms with van der Waals surface area (Å²) in [6.07, 6.45) is -9.19. The molecule has 2 aliphatic heterocycles. The molecule has 0 aromatic carbocycles. The molecular weight excluding hydrogens is 356 g/mol. The number of rotatable bonds is 4. The van der Waals surface area contributed by atoms with Crippen molar-refractivity contribution >= 4 is 6.02 Å². The Morgan fingerprint density at radius 1 is 1.15 bits per heavy atom. The summed E-state index contributed by atoms with van der Waals surface area (Å²) in [7, 11) is 1.27. The Hall–Kier alpha value is -1.09. The zero-order valence-electron chi connectivity index (χ0n) is 13.9. The molecule has 1 aliphatic carbocycles. The number of ether oxygens (including phenoxy) is 3. The molecule has 2 heterocycles. The number of aliphatic hydroxyl groups is 7. The fraction of sp³-hybridized carbons (Fsp3) is 0.929.